The molecule has 6 nitrogen and oxygen atoms in total. The van der Waals surface area contributed by atoms with Gasteiger partial charge in [0, 0.05) is 18.3 Å². The molecular formula is C19H22N4O2. The highest BCUT2D eigenvalue weighted by Gasteiger charge is 2.35. The number of amides is 1. The van der Waals surface area contributed by atoms with E-state index in [-0.39, 0.29) is 5.91 Å². The summed E-state index contributed by atoms with van der Waals surface area (Å²) >= 11 is 0. The fourth-order valence-electron chi connectivity index (χ4n) is 3.21. The molecule has 1 aromatic carbocycles. The lowest BCUT2D eigenvalue weighted by atomic mass is 10.00. The number of aromatic nitrogens is 2. The molecule has 0 spiro atoms. The Labute approximate surface area is 147 Å². The van der Waals surface area contributed by atoms with Crippen molar-refractivity contribution in [1.29, 1.82) is 0 Å². The molecule has 2 fully saturated rings. The van der Waals surface area contributed by atoms with Crippen molar-refractivity contribution in [2.75, 3.05) is 17.2 Å². The number of anilines is 2. The summed E-state index contributed by atoms with van der Waals surface area (Å²) in [5.74, 6) is 1.20. The summed E-state index contributed by atoms with van der Waals surface area (Å²) in [4.78, 5) is 12.2. The van der Waals surface area contributed by atoms with Crippen molar-refractivity contribution in [3.05, 3.63) is 48.2 Å². The van der Waals surface area contributed by atoms with Gasteiger partial charge in [0.2, 0.25) is 0 Å². The first-order chi connectivity index (χ1) is 12.3. The van der Waals surface area contributed by atoms with Crippen molar-refractivity contribution in [2.24, 2.45) is 5.92 Å². The standard InChI is InChI=1S/C19H22N4O2/c24-19(21-14-4-2-1-3-5-14)16-8-9-18(23-22-16)20-15-10-11-25-17(12-15)13-6-7-13/h1-5,8-9,13,15,17H,6-7,10-12H2,(H,20,23)(H,21,24). The molecule has 130 valence electrons. The van der Waals surface area contributed by atoms with E-state index in [1.807, 2.05) is 36.4 Å². The molecule has 2 aromatic rings. The van der Waals surface area contributed by atoms with Crippen LogP contribution in [0.15, 0.2) is 42.5 Å². The van der Waals surface area contributed by atoms with E-state index in [2.05, 4.69) is 20.8 Å². The minimum atomic E-state index is -0.259. The van der Waals surface area contributed by atoms with Crippen LogP contribution in [0.25, 0.3) is 0 Å². The topological polar surface area (TPSA) is 76.1 Å². The Bertz CT molecular complexity index is 716. The van der Waals surface area contributed by atoms with Crippen molar-refractivity contribution < 1.29 is 9.53 Å². The normalized spacial score (nSPS) is 23.0. The van der Waals surface area contributed by atoms with Crippen LogP contribution in [0, 0.1) is 5.92 Å². The summed E-state index contributed by atoms with van der Waals surface area (Å²) in [5, 5.41) is 14.4. The quantitative estimate of drug-likeness (QED) is 0.876. The van der Waals surface area contributed by atoms with Crippen LogP contribution in [0.1, 0.15) is 36.2 Å². The summed E-state index contributed by atoms with van der Waals surface area (Å²) < 4.78 is 5.85. The Balaban J connectivity index is 1.34. The number of carbonyl (C=O) groups is 1. The summed E-state index contributed by atoms with van der Waals surface area (Å²) in [6, 6.07) is 13.2. The first-order valence-corrected chi connectivity index (χ1v) is 8.86. The molecule has 4 rings (SSSR count). The van der Waals surface area contributed by atoms with Gasteiger partial charge in [0.25, 0.3) is 5.91 Å². The number of nitrogens with zero attached hydrogens (tertiary/aromatic N) is 2. The fraction of sp³-hybridized carbons (Fsp3) is 0.421. The SMILES string of the molecule is O=C(Nc1ccccc1)c1ccc(NC2CCOC(C3CC3)C2)nn1. The predicted octanol–water partition coefficient (Wildman–Crippen LogP) is 3.10. The van der Waals surface area contributed by atoms with Gasteiger partial charge in [-0.3, -0.25) is 4.79 Å². The van der Waals surface area contributed by atoms with Crippen LogP contribution in [0.3, 0.4) is 0 Å². The molecule has 1 aromatic heterocycles. The third-order valence-corrected chi connectivity index (χ3v) is 4.74. The summed E-state index contributed by atoms with van der Waals surface area (Å²) in [6.07, 6.45) is 4.96. The molecule has 2 atom stereocenters. The smallest absolute Gasteiger partial charge is 0.276 e. The minimum absolute atomic E-state index is 0.259. The van der Waals surface area contributed by atoms with E-state index >= 15 is 0 Å². The molecule has 1 saturated heterocycles. The molecule has 6 heteroatoms. The van der Waals surface area contributed by atoms with Crippen LogP contribution < -0.4 is 10.6 Å². The Kier molecular flexibility index (Phi) is 4.61. The fourth-order valence-corrected chi connectivity index (χ4v) is 3.21. The Hall–Kier alpha value is -2.47. The zero-order valence-electron chi connectivity index (χ0n) is 14.0. The molecule has 25 heavy (non-hydrogen) atoms. The molecule has 1 aliphatic heterocycles. The number of rotatable bonds is 5. The second kappa shape index (κ2) is 7.19. The van der Waals surface area contributed by atoms with Crippen molar-refractivity contribution in [3.63, 3.8) is 0 Å². The van der Waals surface area contributed by atoms with E-state index in [9.17, 15) is 4.79 Å². The molecule has 0 radical (unpaired) electrons. The first-order valence-electron chi connectivity index (χ1n) is 8.86. The van der Waals surface area contributed by atoms with Gasteiger partial charge in [-0.25, -0.2) is 0 Å². The lowest BCUT2D eigenvalue weighted by molar-refractivity contribution is -0.00224. The van der Waals surface area contributed by atoms with Gasteiger partial charge in [0.05, 0.1) is 6.10 Å². The average molecular weight is 338 g/mol. The lowest BCUT2D eigenvalue weighted by Crippen LogP contribution is -2.35. The Morgan fingerprint density at radius 3 is 2.60 bits per heavy atom. The first kappa shape index (κ1) is 16.0. The van der Waals surface area contributed by atoms with Gasteiger partial charge in [-0.1, -0.05) is 18.2 Å². The third kappa shape index (κ3) is 4.14. The second-order valence-corrected chi connectivity index (χ2v) is 6.74. The zero-order chi connectivity index (χ0) is 17.1. The van der Waals surface area contributed by atoms with Crippen LogP contribution in [-0.2, 0) is 4.74 Å². The van der Waals surface area contributed by atoms with Gasteiger partial charge in [-0.05, 0) is 55.9 Å². The summed E-state index contributed by atoms with van der Waals surface area (Å²) in [7, 11) is 0. The number of benzene rings is 1. The zero-order valence-corrected chi connectivity index (χ0v) is 14.0. The summed E-state index contributed by atoms with van der Waals surface area (Å²) in [5.41, 5.74) is 1.04. The molecule has 0 bridgehead atoms. The van der Waals surface area contributed by atoms with E-state index in [0.717, 1.165) is 31.1 Å². The van der Waals surface area contributed by atoms with Crippen LogP contribution in [-0.4, -0.2) is 34.9 Å². The highest BCUT2D eigenvalue weighted by atomic mass is 16.5. The van der Waals surface area contributed by atoms with Gasteiger partial charge in [-0.2, -0.15) is 0 Å². The van der Waals surface area contributed by atoms with E-state index in [0.29, 0.717) is 23.7 Å². The number of ether oxygens (including phenoxy) is 1. The molecule has 2 N–H and O–H groups in total. The minimum Gasteiger partial charge on any atom is -0.378 e. The van der Waals surface area contributed by atoms with E-state index in [4.69, 9.17) is 4.74 Å². The van der Waals surface area contributed by atoms with E-state index < -0.39 is 0 Å². The predicted molar refractivity (Wildman–Crippen MR) is 95.5 cm³/mol. The van der Waals surface area contributed by atoms with E-state index in [1.54, 1.807) is 6.07 Å². The molecule has 1 saturated carbocycles. The molecule has 2 aliphatic rings. The average Bonchev–Trinajstić information content (AvgIpc) is 3.49. The maximum Gasteiger partial charge on any atom is 0.276 e. The van der Waals surface area contributed by atoms with Crippen molar-refractivity contribution in [2.45, 2.75) is 37.8 Å². The van der Waals surface area contributed by atoms with Crippen LogP contribution in [0.5, 0.6) is 0 Å². The summed E-state index contributed by atoms with van der Waals surface area (Å²) in [6.45, 7) is 0.795. The number of para-hydroxylation sites is 1. The number of carbonyl (C=O) groups excluding carboxylic acids is 1. The highest BCUT2D eigenvalue weighted by Crippen LogP contribution is 2.38. The van der Waals surface area contributed by atoms with Gasteiger partial charge in [0.1, 0.15) is 5.82 Å². The second-order valence-electron chi connectivity index (χ2n) is 6.74. The van der Waals surface area contributed by atoms with Gasteiger partial charge < -0.3 is 15.4 Å². The molecule has 2 unspecified atom stereocenters. The number of nitrogens with one attached hydrogen (secondary N) is 2. The molecular weight excluding hydrogens is 316 g/mol. The van der Waals surface area contributed by atoms with Crippen molar-refractivity contribution >= 4 is 17.4 Å². The Morgan fingerprint density at radius 2 is 1.88 bits per heavy atom. The largest absolute Gasteiger partial charge is 0.378 e. The van der Waals surface area contributed by atoms with Crippen LogP contribution in [0.2, 0.25) is 0 Å². The van der Waals surface area contributed by atoms with Gasteiger partial charge in [0.15, 0.2) is 5.69 Å². The monoisotopic (exact) mass is 338 g/mol. The Morgan fingerprint density at radius 1 is 1.04 bits per heavy atom. The van der Waals surface area contributed by atoms with E-state index in [1.165, 1.54) is 12.8 Å². The maximum atomic E-state index is 12.2. The number of hydrogen-bond donors (Lipinski definition) is 2. The maximum absolute atomic E-state index is 12.2. The lowest BCUT2D eigenvalue weighted by Gasteiger charge is -2.30. The van der Waals surface area contributed by atoms with Gasteiger partial charge >= 0.3 is 0 Å². The van der Waals surface area contributed by atoms with Gasteiger partial charge in [-0.15, -0.1) is 10.2 Å². The van der Waals surface area contributed by atoms with Crippen molar-refractivity contribution in [1.82, 2.24) is 10.2 Å². The van der Waals surface area contributed by atoms with Crippen LogP contribution in [0.4, 0.5) is 11.5 Å². The van der Waals surface area contributed by atoms with Crippen molar-refractivity contribution in [3.8, 4) is 0 Å². The molecule has 1 aliphatic carbocycles. The molecule has 2 heterocycles. The van der Waals surface area contributed by atoms with Crippen LogP contribution >= 0.6 is 0 Å². The molecule has 1 amide bonds. The third-order valence-electron chi connectivity index (χ3n) is 4.74. The number of hydrogen-bond acceptors (Lipinski definition) is 5. The highest BCUT2D eigenvalue weighted by molar-refractivity contribution is 6.02.